The maximum atomic E-state index is 6.65. The van der Waals surface area contributed by atoms with Gasteiger partial charge in [0.15, 0.2) is 23.3 Å². The third-order valence-corrected chi connectivity index (χ3v) is 11.3. The van der Waals surface area contributed by atoms with Crippen molar-refractivity contribution in [1.29, 1.82) is 0 Å². The Morgan fingerprint density at radius 2 is 0.982 bits per heavy atom. The fraction of sp³-hybridized carbons (Fsp3) is 0. The summed E-state index contributed by atoms with van der Waals surface area (Å²) in [6.07, 6.45) is 0. The summed E-state index contributed by atoms with van der Waals surface area (Å²) in [6.45, 7) is 0. The van der Waals surface area contributed by atoms with E-state index in [2.05, 4.69) is 97.1 Å². The molecule has 0 aliphatic heterocycles. The second-order valence-electron chi connectivity index (χ2n) is 13.6. The summed E-state index contributed by atoms with van der Waals surface area (Å²) in [5, 5.41) is 3.04. The van der Waals surface area contributed by atoms with Crippen LogP contribution in [0.1, 0.15) is 0 Å². The minimum absolute atomic E-state index is 0.584. The molecular weight excluding hydrogens is 707 g/mol. The van der Waals surface area contributed by atoms with E-state index in [1.54, 1.807) is 11.3 Å². The molecule has 4 heterocycles. The molecule has 0 amide bonds. The second kappa shape index (κ2) is 13.2. The van der Waals surface area contributed by atoms with Crippen LogP contribution in [0.4, 0.5) is 0 Å². The van der Waals surface area contributed by atoms with E-state index in [1.165, 1.54) is 4.70 Å². The Bertz CT molecular complexity index is 3190. The highest BCUT2D eigenvalue weighted by molar-refractivity contribution is 7.26. The number of aromatic nitrogens is 5. The third kappa shape index (κ3) is 5.52. The Morgan fingerprint density at radius 3 is 1.73 bits per heavy atom. The lowest BCUT2D eigenvalue weighted by molar-refractivity contribution is 0.669. The van der Waals surface area contributed by atoms with Crippen molar-refractivity contribution in [2.45, 2.75) is 0 Å². The van der Waals surface area contributed by atoms with Gasteiger partial charge in [-0.15, -0.1) is 11.3 Å². The fourth-order valence-corrected chi connectivity index (χ4v) is 8.63. The van der Waals surface area contributed by atoms with Crippen molar-refractivity contribution in [3.8, 4) is 67.9 Å². The summed E-state index contributed by atoms with van der Waals surface area (Å²) < 4.78 is 8.86. The van der Waals surface area contributed by atoms with Gasteiger partial charge in [0.25, 0.3) is 0 Å². The minimum Gasteiger partial charge on any atom is -0.456 e. The van der Waals surface area contributed by atoms with Crippen molar-refractivity contribution in [3.63, 3.8) is 0 Å². The number of benzene rings is 7. The summed E-state index contributed by atoms with van der Waals surface area (Å²) in [6, 6.07) is 59.8. The molecule has 0 saturated heterocycles. The van der Waals surface area contributed by atoms with E-state index in [0.29, 0.717) is 23.3 Å². The molecule has 0 saturated carbocycles. The van der Waals surface area contributed by atoms with Gasteiger partial charge in [-0.3, -0.25) is 0 Å². The lowest BCUT2D eigenvalue weighted by Crippen LogP contribution is -2.00. The van der Waals surface area contributed by atoms with Crippen LogP contribution in [0.15, 0.2) is 180 Å². The minimum atomic E-state index is 0.584. The number of hydrogen-bond donors (Lipinski definition) is 0. The molecule has 262 valence electrons. The number of nitrogens with zero attached hydrogens (tertiary/aromatic N) is 5. The van der Waals surface area contributed by atoms with E-state index < -0.39 is 0 Å². The zero-order valence-corrected chi connectivity index (χ0v) is 30.6. The van der Waals surface area contributed by atoms with Crippen molar-refractivity contribution >= 4 is 53.6 Å². The summed E-state index contributed by atoms with van der Waals surface area (Å²) in [4.78, 5) is 25.5. The van der Waals surface area contributed by atoms with Gasteiger partial charge in [0.1, 0.15) is 11.2 Å². The van der Waals surface area contributed by atoms with E-state index >= 15 is 0 Å². The van der Waals surface area contributed by atoms with E-state index in [1.807, 2.05) is 78.9 Å². The first-order chi connectivity index (χ1) is 27.7. The molecular formula is C49H29N5OS. The van der Waals surface area contributed by atoms with Crippen LogP contribution < -0.4 is 0 Å². The Morgan fingerprint density at radius 1 is 0.375 bits per heavy atom. The normalized spacial score (nSPS) is 11.6. The van der Waals surface area contributed by atoms with Gasteiger partial charge in [0.05, 0.1) is 15.9 Å². The summed E-state index contributed by atoms with van der Waals surface area (Å²) in [5.41, 5.74) is 10.2. The monoisotopic (exact) mass is 735 g/mol. The fourth-order valence-electron chi connectivity index (χ4n) is 7.47. The average molecular weight is 736 g/mol. The molecule has 0 radical (unpaired) electrons. The molecule has 4 aromatic heterocycles. The highest BCUT2D eigenvalue weighted by Gasteiger charge is 2.21. The number of thiophene rings is 1. The van der Waals surface area contributed by atoms with Gasteiger partial charge in [-0.2, -0.15) is 0 Å². The molecule has 7 aromatic carbocycles. The van der Waals surface area contributed by atoms with Crippen molar-refractivity contribution in [2.24, 2.45) is 0 Å². The van der Waals surface area contributed by atoms with Crippen LogP contribution in [0.3, 0.4) is 0 Å². The third-order valence-electron chi connectivity index (χ3n) is 10.2. The van der Waals surface area contributed by atoms with Gasteiger partial charge < -0.3 is 4.42 Å². The zero-order chi connectivity index (χ0) is 37.0. The van der Waals surface area contributed by atoms with E-state index in [0.717, 1.165) is 82.2 Å². The Kier molecular flexibility index (Phi) is 7.57. The van der Waals surface area contributed by atoms with Gasteiger partial charge in [-0.05, 0) is 41.5 Å². The van der Waals surface area contributed by atoms with Crippen molar-refractivity contribution < 1.29 is 4.42 Å². The number of fused-ring (bicyclic) bond motifs is 6. The molecule has 0 unspecified atom stereocenters. The topological polar surface area (TPSA) is 77.6 Å². The first-order valence-electron chi connectivity index (χ1n) is 18.4. The van der Waals surface area contributed by atoms with Crippen LogP contribution >= 0.6 is 11.3 Å². The van der Waals surface area contributed by atoms with Crippen LogP contribution in [-0.4, -0.2) is 24.9 Å². The zero-order valence-electron chi connectivity index (χ0n) is 29.8. The predicted molar refractivity (Wildman–Crippen MR) is 228 cm³/mol. The van der Waals surface area contributed by atoms with Crippen LogP contribution in [0, 0.1) is 0 Å². The molecule has 11 aromatic rings. The molecule has 0 atom stereocenters. The van der Waals surface area contributed by atoms with Crippen LogP contribution in [0.5, 0.6) is 0 Å². The Labute approximate surface area is 325 Å². The van der Waals surface area contributed by atoms with Crippen LogP contribution in [0.25, 0.3) is 110 Å². The lowest BCUT2D eigenvalue weighted by Gasteiger charge is -2.09. The highest BCUT2D eigenvalue weighted by Crippen LogP contribution is 2.42. The number of furan rings is 1. The Balaban J connectivity index is 1.09. The van der Waals surface area contributed by atoms with Gasteiger partial charge in [-0.25, -0.2) is 24.9 Å². The second-order valence-corrected chi connectivity index (χ2v) is 14.7. The molecule has 0 aliphatic carbocycles. The predicted octanol–water partition coefficient (Wildman–Crippen LogP) is 12.9. The van der Waals surface area contributed by atoms with Crippen molar-refractivity contribution in [1.82, 2.24) is 24.9 Å². The first-order valence-corrected chi connectivity index (χ1v) is 19.2. The molecule has 7 heteroatoms. The molecule has 6 nitrogen and oxygen atoms in total. The standard InChI is InChI=1S/C49H29N5OS/c1-4-14-30(15-5-1)33-20-12-21-35(28-33)48-50-43(45-44(51-48)37-22-10-11-25-41(37)56-45)34-26-27-36-40(29-34)55-39-24-13-23-38(42(36)39)49-53-46(31-16-6-2-7-17-31)52-47(54-49)32-18-8-3-9-19-32/h1-29H. The smallest absolute Gasteiger partial charge is 0.164 e. The quantitative estimate of drug-likeness (QED) is 0.169. The SMILES string of the molecule is c1ccc(-c2cccc(-c3nc(-c4ccc5c(c4)oc4cccc(-c6nc(-c7ccccc7)nc(-c7ccccc7)n6)c45)c4sc5ccccc5c4n3)c2)cc1. The summed E-state index contributed by atoms with van der Waals surface area (Å²) in [5.74, 6) is 2.49. The Hall–Kier alpha value is -7.35. The van der Waals surface area contributed by atoms with E-state index in [4.69, 9.17) is 29.3 Å². The van der Waals surface area contributed by atoms with Crippen LogP contribution in [-0.2, 0) is 0 Å². The van der Waals surface area contributed by atoms with Crippen molar-refractivity contribution in [2.75, 3.05) is 0 Å². The average Bonchev–Trinajstić information content (AvgIpc) is 3.85. The van der Waals surface area contributed by atoms with E-state index in [-0.39, 0.29) is 0 Å². The molecule has 0 fully saturated rings. The molecule has 0 N–H and O–H groups in total. The number of hydrogen-bond acceptors (Lipinski definition) is 7. The van der Waals surface area contributed by atoms with Crippen LogP contribution in [0.2, 0.25) is 0 Å². The lowest BCUT2D eigenvalue weighted by atomic mass is 10.0. The van der Waals surface area contributed by atoms with Gasteiger partial charge in [0.2, 0.25) is 0 Å². The van der Waals surface area contributed by atoms with Crippen molar-refractivity contribution in [3.05, 3.63) is 176 Å². The van der Waals surface area contributed by atoms with Gasteiger partial charge in [-0.1, -0.05) is 146 Å². The summed E-state index contributed by atoms with van der Waals surface area (Å²) in [7, 11) is 0. The first kappa shape index (κ1) is 32.1. The number of rotatable bonds is 6. The molecule has 11 rings (SSSR count). The molecule has 0 bridgehead atoms. The van der Waals surface area contributed by atoms with Gasteiger partial charge >= 0.3 is 0 Å². The largest absolute Gasteiger partial charge is 0.456 e. The van der Waals surface area contributed by atoms with Gasteiger partial charge in [0, 0.05) is 48.7 Å². The van der Waals surface area contributed by atoms with E-state index in [9.17, 15) is 0 Å². The maximum Gasteiger partial charge on any atom is 0.164 e. The maximum absolute atomic E-state index is 6.65. The molecule has 56 heavy (non-hydrogen) atoms. The molecule has 0 spiro atoms. The molecule has 0 aliphatic rings. The summed E-state index contributed by atoms with van der Waals surface area (Å²) >= 11 is 1.72. The highest BCUT2D eigenvalue weighted by atomic mass is 32.1.